The Hall–Kier alpha value is -2.17. The summed E-state index contributed by atoms with van der Waals surface area (Å²) in [5.41, 5.74) is 0.915. The molecule has 0 spiro atoms. The maximum atomic E-state index is 8.67. The van der Waals surface area contributed by atoms with Gasteiger partial charge in [0.05, 0.1) is 18.3 Å². The van der Waals surface area contributed by atoms with Crippen molar-refractivity contribution >= 4 is 5.84 Å². The van der Waals surface area contributed by atoms with Crippen molar-refractivity contribution in [3.63, 3.8) is 0 Å². The third-order valence-corrected chi connectivity index (χ3v) is 5.01. The number of aliphatic imine (C=N–C) groups is 1. The van der Waals surface area contributed by atoms with Crippen molar-refractivity contribution in [1.29, 1.82) is 5.26 Å². The van der Waals surface area contributed by atoms with E-state index in [-0.39, 0.29) is 5.41 Å². The van der Waals surface area contributed by atoms with Crippen LogP contribution in [0.1, 0.15) is 25.5 Å². The van der Waals surface area contributed by atoms with Crippen LogP contribution in [-0.4, -0.2) is 61.7 Å². The van der Waals surface area contributed by atoms with Gasteiger partial charge in [0.1, 0.15) is 5.84 Å². The molecule has 0 amide bonds. The van der Waals surface area contributed by atoms with Gasteiger partial charge in [0, 0.05) is 38.2 Å². The van der Waals surface area contributed by atoms with Gasteiger partial charge in [-0.05, 0) is 25.5 Å². The highest BCUT2D eigenvalue weighted by atomic mass is 16.5. The van der Waals surface area contributed by atoms with Crippen LogP contribution in [0.15, 0.2) is 23.2 Å². The van der Waals surface area contributed by atoms with E-state index in [4.69, 9.17) is 14.7 Å². The summed E-state index contributed by atoms with van der Waals surface area (Å²) < 4.78 is 10.3. The van der Waals surface area contributed by atoms with Crippen molar-refractivity contribution in [2.45, 2.75) is 31.3 Å². The lowest BCUT2D eigenvalue weighted by atomic mass is 9.85. The molecule has 0 radical (unpaired) electrons. The number of nitrogens with one attached hydrogen (secondary N) is 1. The topological polar surface area (TPSA) is 82.8 Å². The number of hydrogen-bond acceptors (Lipinski definition) is 6. The Morgan fingerprint density at radius 3 is 3.12 bits per heavy atom. The SMILES string of the molecule is C/N=C(/CN1CCC(C)(c2cccc(OC#N)n2)C1)NC[C@@H]1CCO1. The number of nitrogens with zero attached hydrogens (tertiary/aromatic N) is 4. The van der Waals surface area contributed by atoms with Gasteiger partial charge >= 0.3 is 0 Å². The van der Waals surface area contributed by atoms with E-state index in [1.165, 1.54) is 0 Å². The molecule has 1 N–H and O–H groups in total. The Balaban J connectivity index is 1.58. The average molecular weight is 343 g/mol. The second-order valence-electron chi connectivity index (χ2n) is 6.91. The van der Waals surface area contributed by atoms with Gasteiger partial charge in [0.2, 0.25) is 5.88 Å². The fourth-order valence-corrected chi connectivity index (χ4v) is 3.35. The van der Waals surface area contributed by atoms with Crippen molar-refractivity contribution in [2.75, 3.05) is 39.8 Å². The predicted octanol–water partition coefficient (Wildman–Crippen LogP) is 1.31. The average Bonchev–Trinajstić information content (AvgIpc) is 2.95. The molecule has 1 unspecified atom stereocenters. The van der Waals surface area contributed by atoms with Crippen LogP contribution >= 0.6 is 0 Å². The van der Waals surface area contributed by atoms with Gasteiger partial charge < -0.3 is 14.8 Å². The number of ether oxygens (including phenoxy) is 2. The standard InChI is InChI=1S/C18H25N5O2/c1-18(15-4-3-5-17(22-15)25-13-19)7-8-23(12-18)11-16(20-2)21-10-14-6-9-24-14/h3-5,14H,6-12H2,1-2H3,(H,20,21)/t14-,18?/m0/s1. The Bertz CT molecular complexity index is 668. The molecule has 1 aromatic rings. The normalized spacial score (nSPS) is 26.8. The van der Waals surface area contributed by atoms with E-state index in [1.807, 2.05) is 19.2 Å². The quantitative estimate of drug-likeness (QED) is 0.476. The van der Waals surface area contributed by atoms with Gasteiger partial charge in [-0.25, -0.2) is 4.98 Å². The van der Waals surface area contributed by atoms with E-state index < -0.39 is 0 Å². The van der Waals surface area contributed by atoms with Gasteiger partial charge in [-0.1, -0.05) is 13.0 Å². The first-order chi connectivity index (χ1) is 12.1. The van der Waals surface area contributed by atoms with E-state index in [9.17, 15) is 0 Å². The summed E-state index contributed by atoms with van der Waals surface area (Å²) in [5, 5.41) is 12.1. The van der Waals surface area contributed by atoms with Crippen LogP contribution < -0.4 is 10.1 Å². The number of nitriles is 1. The number of hydrogen-bond donors (Lipinski definition) is 1. The summed E-state index contributed by atoms with van der Waals surface area (Å²) in [7, 11) is 1.82. The smallest absolute Gasteiger partial charge is 0.293 e. The lowest BCUT2D eigenvalue weighted by molar-refractivity contribution is -0.0460. The summed E-state index contributed by atoms with van der Waals surface area (Å²) in [6.45, 7) is 6.60. The third-order valence-electron chi connectivity index (χ3n) is 5.01. The Labute approximate surface area is 148 Å². The molecule has 2 atom stereocenters. The van der Waals surface area contributed by atoms with Crippen LogP contribution in [0.5, 0.6) is 5.88 Å². The largest absolute Gasteiger partial charge is 0.376 e. The van der Waals surface area contributed by atoms with E-state index in [0.717, 1.165) is 57.2 Å². The van der Waals surface area contributed by atoms with Gasteiger partial charge in [0.25, 0.3) is 6.26 Å². The highest BCUT2D eigenvalue weighted by Crippen LogP contribution is 2.33. The number of amidine groups is 1. The molecule has 0 saturated carbocycles. The molecule has 0 aliphatic carbocycles. The Morgan fingerprint density at radius 2 is 2.44 bits per heavy atom. The monoisotopic (exact) mass is 343 g/mol. The molecule has 2 aliphatic rings. The summed E-state index contributed by atoms with van der Waals surface area (Å²) in [6.07, 6.45) is 4.15. The Morgan fingerprint density at radius 1 is 1.60 bits per heavy atom. The number of rotatable bonds is 6. The van der Waals surface area contributed by atoms with E-state index in [2.05, 4.69) is 27.1 Å². The van der Waals surface area contributed by atoms with Crippen LogP contribution in [0.3, 0.4) is 0 Å². The van der Waals surface area contributed by atoms with Crippen LogP contribution in [0.25, 0.3) is 0 Å². The lowest BCUT2D eigenvalue weighted by Gasteiger charge is -2.28. The predicted molar refractivity (Wildman–Crippen MR) is 94.6 cm³/mol. The minimum Gasteiger partial charge on any atom is -0.376 e. The Kier molecular flexibility index (Phi) is 5.51. The molecule has 7 heteroatoms. The molecule has 2 fully saturated rings. The van der Waals surface area contributed by atoms with Crippen molar-refractivity contribution < 1.29 is 9.47 Å². The number of aromatic nitrogens is 1. The van der Waals surface area contributed by atoms with Crippen LogP contribution in [-0.2, 0) is 10.2 Å². The molecule has 7 nitrogen and oxygen atoms in total. The fourth-order valence-electron chi connectivity index (χ4n) is 3.35. The molecule has 25 heavy (non-hydrogen) atoms. The first-order valence-electron chi connectivity index (χ1n) is 8.70. The lowest BCUT2D eigenvalue weighted by Crippen LogP contribution is -2.44. The van der Waals surface area contributed by atoms with Crippen molar-refractivity contribution in [1.82, 2.24) is 15.2 Å². The molecule has 2 saturated heterocycles. The number of likely N-dealkylation sites (tertiary alicyclic amines) is 1. The summed E-state index contributed by atoms with van der Waals surface area (Å²) in [5.74, 6) is 1.35. The van der Waals surface area contributed by atoms with E-state index in [1.54, 1.807) is 12.3 Å². The zero-order valence-corrected chi connectivity index (χ0v) is 14.9. The van der Waals surface area contributed by atoms with Gasteiger partial charge in [-0.15, -0.1) is 5.26 Å². The minimum atomic E-state index is -0.0508. The second kappa shape index (κ2) is 7.81. The highest BCUT2D eigenvalue weighted by molar-refractivity contribution is 5.84. The maximum absolute atomic E-state index is 8.67. The van der Waals surface area contributed by atoms with E-state index >= 15 is 0 Å². The molecule has 2 aliphatic heterocycles. The number of pyridine rings is 1. The van der Waals surface area contributed by atoms with Gasteiger partial charge in [-0.3, -0.25) is 9.89 Å². The fraction of sp³-hybridized carbons (Fsp3) is 0.611. The molecule has 134 valence electrons. The van der Waals surface area contributed by atoms with E-state index in [0.29, 0.717) is 12.0 Å². The highest BCUT2D eigenvalue weighted by Gasteiger charge is 2.37. The molecule has 0 aromatic carbocycles. The molecule has 0 bridgehead atoms. The summed E-state index contributed by atoms with van der Waals surface area (Å²) in [6, 6.07) is 5.61. The molecular formula is C18H25N5O2. The first-order valence-corrected chi connectivity index (χ1v) is 8.70. The van der Waals surface area contributed by atoms with Crippen molar-refractivity contribution in [3.8, 4) is 12.1 Å². The zero-order chi connectivity index (χ0) is 17.7. The second-order valence-corrected chi connectivity index (χ2v) is 6.91. The van der Waals surface area contributed by atoms with Crippen LogP contribution in [0, 0.1) is 11.5 Å². The van der Waals surface area contributed by atoms with Gasteiger partial charge in [0.15, 0.2) is 0 Å². The van der Waals surface area contributed by atoms with Crippen LogP contribution in [0.4, 0.5) is 0 Å². The maximum Gasteiger partial charge on any atom is 0.293 e. The summed E-state index contributed by atoms with van der Waals surface area (Å²) >= 11 is 0. The van der Waals surface area contributed by atoms with Crippen molar-refractivity contribution in [2.24, 2.45) is 4.99 Å². The van der Waals surface area contributed by atoms with Crippen LogP contribution in [0.2, 0.25) is 0 Å². The molecule has 3 heterocycles. The molecule has 1 aromatic heterocycles. The zero-order valence-electron chi connectivity index (χ0n) is 14.9. The molecule has 3 rings (SSSR count). The van der Waals surface area contributed by atoms with Gasteiger partial charge in [-0.2, -0.15) is 0 Å². The third kappa shape index (κ3) is 4.27. The first kappa shape index (κ1) is 17.6. The minimum absolute atomic E-state index is 0.0508. The molecular weight excluding hydrogens is 318 g/mol. The summed E-state index contributed by atoms with van der Waals surface area (Å²) in [4.78, 5) is 11.3. The van der Waals surface area contributed by atoms with Crippen molar-refractivity contribution in [3.05, 3.63) is 23.9 Å².